The molecule has 0 radical (unpaired) electrons. The molecule has 1 aliphatic heterocycles. The van der Waals surface area contributed by atoms with Crippen LogP contribution in [0.3, 0.4) is 0 Å². The van der Waals surface area contributed by atoms with Gasteiger partial charge in [0.15, 0.2) is 6.23 Å². The lowest BCUT2D eigenvalue weighted by Gasteiger charge is -2.43. The molecule has 2 atom stereocenters. The summed E-state index contributed by atoms with van der Waals surface area (Å²) in [6.45, 7) is 5.00. The minimum Gasteiger partial charge on any atom is -0.370 e. The van der Waals surface area contributed by atoms with Gasteiger partial charge in [-0.25, -0.2) is 4.79 Å². The van der Waals surface area contributed by atoms with Gasteiger partial charge in [0.2, 0.25) is 6.35 Å². The van der Waals surface area contributed by atoms with Gasteiger partial charge in [-0.15, -0.1) is 0 Å². The van der Waals surface area contributed by atoms with Gasteiger partial charge in [0.25, 0.3) is 0 Å². The summed E-state index contributed by atoms with van der Waals surface area (Å²) >= 11 is 6.17. The molecule has 1 aromatic rings. The number of nitrogens with zero attached hydrogens (tertiary/aromatic N) is 3. The Hall–Kier alpha value is -2.17. The molecule has 2 amide bonds. The normalized spacial score (nSPS) is 19.6. The van der Waals surface area contributed by atoms with Crippen LogP contribution in [0.5, 0.6) is 0 Å². The van der Waals surface area contributed by atoms with Gasteiger partial charge in [-0.05, 0) is 37.1 Å². The second-order valence-electron chi connectivity index (χ2n) is 6.91. The quantitative estimate of drug-likeness (QED) is 0.614. The average Bonchev–Trinajstić information content (AvgIpc) is 2.66. The molecule has 2 rings (SSSR count). The minimum atomic E-state index is -4.73. The lowest BCUT2D eigenvalue weighted by atomic mass is 10.2. The Labute approximate surface area is 178 Å². The van der Waals surface area contributed by atoms with E-state index in [1.807, 2.05) is 13.8 Å². The van der Waals surface area contributed by atoms with Gasteiger partial charge in [0.1, 0.15) is 5.70 Å². The van der Waals surface area contributed by atoms with E-state index in [1.165, 1.54) is 18.2 Å². The molecule has 1 aliphatic rings. The summed E-state index contributed by atoms with van der Waals surface area (Å²) in [4.78, 5) is 15.8. The third-order valence-electron chi connectivity index (χ3n) is 4.62. The van der Waals surface area contributed by atoms with Crippen molar-refractivity contribution < 1.29 is 28.2 Å². The fraction of sp³-hybridized carbons (Fsp3) is 0.526. The van der Waals surface area contributed by atoms with Crippen molar-refractivity contribution in [2.24, 2.45) is 0 Å². The van der Waals surface area contributed by atoms with E-state index in [1.54, 1.807) is 4.90 Å². The number of anilines is 2. The zero-order valence-corrected chi connectivity index (χ0v) is 17.7. The number of aliphatic hydroxyl groups excluding tert-OH is 2. The predicted octanol–water partition coefficient (Wildman–Crippen LogP) is 3.79. The van der Waals surface area contributed by atoms with Crippen LogP contribution < -0.4 is 10.2 Å². The summed E-state index contributed by atoms with van der Waals surface area (Å²) in [6.07, 6.45) is -6.12. The van der Waals surface area contributed by atoms with E-state index in [0.29, 0.717) is 24.1 Å². The number of hydrogen-bond donors (Lipinski definition) is 3. The molecule has 0 aromatic heterocycles. The molecule has 2 unspecified atom stereocenters. The van der Waals surface area contributed by atoms with Gasteiger partial charge in [0.05, 0.1) is 10.7 Å². The van der Waals surface area contributed by atoms with Crippen LogP contribution in [-0.4, -0.2) is 64.9 Å². The fourth-order valence-electron chi connectivity index (χ4n) is 3.19. The predicted molar refractivity (Wildman–Crippen MR) is 109 cm³/mol. The van der Waals surface area contributed by atoms with E-state index >= 15 is 0 Å². The average molecular weight is 451 g/mol. The molecule has 1 heterocycles. The molecule has 0 fully saturated rings. The first kappa shape index (κ1) is 24.1. The van der Waals surface area contributed by atoms with Crippen LogP contribution in [0.15, 0.2) is 30.0 Å². The van der Waals surface area contributed by atoms with E-state index in [9.17, 15) is 28.2 Å². The third-order valence-corrected chi connectivity index (χ3v) is 4.95. The molecule has 0 spiro atoms. The lowest BCUT2D eigenvalue weighted by Crippen LogP contribution is -2.56. The van der Waals surface area contributed by atoms with Crippen LogP contribution in [0.1, 0.15) is 26.7 Å². The molecular formula is C19H26ClF3N4O3. The molecule has 0 saturated heterocycles. The highest BCUT2D eigenvalue weighted by Gasteiger charge is 2.44. The lowest BCUT2D eigenvalue weighted by molar-refractivity contribution is -0.133. The van der Waals surface area contributed by atoms with Gasteiger partial charge in [-0.2, -0.15) is 13.2 Å². The molecule has 30 heavy (non-hydrogen) atoms. The molecule has 168 valence electrons. The second-order valence-corrected chi connectivity index (χ2v) is 7.32. The maximum Gasteiger partial charge on any atom is 0.431 e. The van der Waals surface area contributed by atoms with Gasteiger partial charge >= 0.3 is 12.2 Å². The number of urea groups is 1. The minimum absolute atomic E-state index is 0.177. The number of alkyl halides is 3. The van der Waals surface area contributed by atoms with Crippen LogP contribution in [0, 0.1) is 0 Å². The number of rotatable bonds is 6. The SMILES string of the molecule is CCCN(CCC)C(=O)Nc1cc(N2C(O)C=C(C(F)(F)F)N(C)C2O)ccc1Cl. The number of allylic oxidation sites excluding steroid dienone is 1. The number of benzene rings is 1. The highest BCUT2D eigenvalue weighted by molar-refractivity contribution is 6.33. The molecule has 0 saturated carbocycles. The number of hydrogen-bond acceptors (Lipinski definition) is 5. The Morgan fingerprint density at radius 2 is 1.83 bits per heavy atom. The number of halogens is 4. The molecule has 7 nitrogen and oxygen atoms in total. The molecular weight excluding hydrogens is 425 g/mol. The van der Waals surface area contributed by atoms with Crippen LogP contribution in [0.4, 0.5) is 29.3 Å². The first-order valence-corrected chi connectivity index (χ1v) is 9.90. The third kappa shape index (κ3) is 5.30. The molecule has 3 N–H and O–H groups in total. The van der Waals surface area contributed by atoms with E-state index in [-0.39, 0.29) is 22.4 Å². The van der Waals surface area contributed by atoms with Gasteiger partial charge in [-0.1, -0.05) is 25.4 Å². The summed E-state index contributed by atoms with van der Waals surface area (Å²) < 4.78 is 39.3. The van der Waals surface area contributed by atoms with Gasteiger partial charge < -0.3 is 25.3 Å². The Morgan fingerprint density at radius 3 is 2.37 bits per heavy atom. The van der Waals surface area contributed by atoms with Crippen molar-refractivity contribution in [2.45, 2.75) is 45.4 Å². The fourth-order valence-corrected chi connectivity index (χ4v) is 3.35. The molecule has 11 heteroatoms. The van der Waals surface area contributed by atoms with Gasteiger partial charge in [-0.3, -0.25) is 4.90 Å². The Kier molecular flexibility index (Phi) is 7.84. The topological polar surface area (TPSA) is 79.3 Å². The van der Waals surface area contributed by atoms with Crippen LogP contribution in [-0.2, 0) is 0 Å². The summed E-state index contributed by atoms with van der Waals surface area (Å²) in [5.74, 6) is 0. The first-order valence-electron chi connectivity index (χ1n) is 9.53. The van der Waals surface area contributed by atoms with E-state index < -0.39 is 24.5 Å². The zero-order valence-electron chi connectivity index (χ0n) is 16.9. The number of carbonyl (C=O) groups is 1. The standard InChI is InChI=1S/C19H26ClF3N4O3/c1-4-8-26(9-5-2)17(29)24-14-10-12(6-7-13(14)20)27-16(28)11-15(19(21,22)23)25(3)18(27)30/h6-7,10-11,16,18,28,30H,4-5,8-9H2,1-3H3,(H,24,29). The number of carbonyl (C=O) groups excluding carboxylic acids is 1. The van der Waals surface area contributed by atoms with Crippen molar-refractivity contribution >= 4 is 29.0 Å². The monoisotopic (exact) mass is 450 g/mol. The number of nitrogens with one attached hydrogen (secondary N) is 1. The molecule has 0 bridgehead atoms. The van der Waals surface area contributed by atoms with Crippen molar-refractivity contribution in [3.05, 3.63) is 35.0 Å². The summed E-state index contributed by atoms with van der Waals surface area (Å²) in [5, 5.41) is 23.5. The van der Waals surface area contributed by atoms with Gasteiger partial charge in [0, 0.05) is 25.8 Å². The van der Waals surface area contributed by atoms with E-state index in [0.717, 1.165) is 24.8 Å². The van der Waals surface area contributed by atoms with Crippen molar-refractivity contribution in [2.75, 3.05) is 30.4 Å². The molecule has 0 aliphatic carbocycles. The van der Waals surface area contributed by atoms with Crippen molar-refractivity contribution in [3.8, 4) is 0 Å². The maximum atomic E-state index is 13.1. The van der Waals surface area contributed by atoms with Crippen LogP contribution >= 0.6 is 11.6 Å². The van der Waals surface area contributed by atoms with Crippen molar-refractivity contribution in [1.82, 2.24) is 9.80 Å². The smallest absolute Gasteiger partial charge is 0.370 e. The Balaban J connectivity index is 2.32. The van der Waals surface area contributed by atoms with Crippen LogP contribution in [0.25, 0.3) is 0 Å². The largest absolute Gasteiger partial charge is 0.431 e. The van der Waals surface area contributed by atoms with Crippen LogP contribution in [0.2, 0.25) is 5.02 Å². The van der Waals surface area contributed by atoms with E-state index in [4.69, 9.17) is 11.6 Å². The summed E-state index contributed by atoms with van der Waals surface area (Å²) in [7, 11) is 1.06. The molecule has 1 aromatic carbocycles. The van der Waals surface area contributed by atoms with E-state index in [2.05, 4.69) is 5.32 Å². The highest BCUT2D eigenvalue weighted by Crippen LogP contribution is 2.36. The van der Waals surface area contributed by atoms with Crippen molar-refractivity contribution in [1.29, 1.82) is 0 Å². The first-order chi connectivity index (χ1) is 14.0. The Bertz CT molecular complexity index is 785. The summed E-state index contributed by atoms with van der Waals surface area (Å²) in [5.41, 5.74) is -0.767. The second kappa shape index (κ2) is 9.76. The highest BCUT2D eigenvalue weighted by atomic mass is 35.5. The Morgan fingerprint density at radius 1 is 1.23 bits per heavy atom. The number of amides is 2. The van der Waals surface area contributed by atoms with Crippen molar-refractivity contribution in [3.63, 3.8) is 0 Å². The number of aliphatic hydroxyl groups is 2. The summed E-state index contributed by atoms with van der Waals surface area (Å²) in [6, 6.07) is 3.89. The zero-order chi connectivity index (χ0) is 22.6. The maximum absolute atomic E-state index is 13.1.